The number of aromatic nitrogens is 3. The number of ether oxygens (including phenoxy) is 1. The van der Waals surface area contributed by atoms with E-state index < -0.39 is 27.1 Å². The van der Waals surface area contributed by atoms with Crippen LogP contribution in [0.25, 0.3) is 33.5 Å². The first-order chi connectivity index (χ1) is 20.3. The number of aromatic amines is 1. The summed E-state index contributed by atoms with van der Waals surface area (Å²) in [4.78, 5) is 34.1. The Morgan fingerprint density at radius 3 is 2.70 bits per heavy atom. The average Bonchev–Trinajstić information content (AvgIpc) is 3.51. The number of halogens is 1. The minimum absolute atomic E-state index is 0.0333. The van der Waals surface area contributed by atoms with Gasteiger partial charge >= 0.3 is 6.09 Å². The summed E-state index contributed by atoms with van der Waals surface area (Å²) in [6.45, 7) is 11.5. The Hall–Kier alpha value is -3.90. The molecule has 2 aromatic carbocycles. The molecule has 0 spiro atoms. The number of nitrogens with one attached hydrogen (secondary N) is 2. The van der Waals surface area contributed by atoms with Crippen molar-refractivity contribution in [1.29, 1.82) is 0 Å². The quantitative estimate of drug-likeness (QED) is 0.156. The van der Waals surface area contributed by atoms with E-state index in [0.717, 1.165) is 33.4 Å². The number of imidazole rings is 1. The highest BCUT2D eigenvalue weighted by Crippen LogP contribution is 2.37. The standard InChI is InChI=1S/C31H40FN5O5Si/c1-31(2,3)43(5,6)42-13-12-41-26-9-7-8-20-14-24(34-27(20)26)28-35-23-16-22-19(15-25(23)36(28)4)10-11-37(29(22)38)18-21(17-32)33-30(39)40/h7-9,14-16,21,33-34H,10-13,17-18H2,1-6H3,(H,39,40). The van der Waals surface area contributed by atoms with Gasteiger partial charge in [0.2, 0.25) is 0 Å². The second kappa shape index (κ2) is 11.6. The average molecular weight is 610 g/mol. The van der Waals surface area contributed by atoms with Gasteiger partial charge in [0.15, 0.2) is 14.1 Å². The van der Waals surface area contributed by atoms with Crippen LogP contribution in [0.3, 0.4) is 0 Å². The molecule has 230 valence electrons. The summed E-state index contributed by atoms with van der Waals surface area (Å²) < 4.78 is 27.8. The molecule has 10 nitrogen and oxygen atoms in total. The molecule has 0 aliphatic carbocycles. The van der Waals surface area contributed by atoms with Gasteiger partial charge in [-0.3, -0.25) is 4.79 Å². The molecule has 43 heavy (non-hydrogen) atoms. The zero-order valence-corrected chi connectivity index (χ0v) is 26.6. The van der Waals surface area contributed by atoms with Gasteiger partial charge in [0.25, 0.3) is 5.91 Å². The molecule has 3 heterocycles. The Labute approximate surface area is 251 Å². The fourth-order valence-corrected chi connectivity index (χ4v) is 6.26. The van der Waals surface area contributed by atoms with Gasteiger partial charge in [-0.2, -0.15) is 0 Å². The van der Waals surface area contributed by atoms with Gasteiger partial charge in [0, 0.05) is 31.1 Å². The van der Waals surface area contributed by atoms with Gasteiger partial charge in [0.05, 0.1) is 34.9 Å². The van der Waals surface area contributed by atoms with E-state index in [4.69, 9.17) is 19.3 Å². The number of fused-ring (bicyclic) bond motifs is 3. The van der Waals surface area contributed by atoms with Gasteiger partial charge < -0.3 is 34.0 Å². The molecule has 0 bridgehead atoms. The first kappa shape index (κ1) is 30.6. The SMILES string of the molecule is Cn1c(-c2cc3cccc(OCCO[Si](C)(C)C(C)(C)C)c3[nH]2)nc2cc3c(cc21)CCN(CC(CF)NC(=O)O)C3=O. The highest BCUT2D eigenvalue weighted by Gasteiger charge is 2.37. The Morgan fingerprint density at radius 1 is 1.23 bits per heavy atom. The maximum Gasteiger partial charge on any atom is 0.405 e. The number of carboxylic acid groups (broad SMARTS) is 1. The lowest BCUT2D eigenvalue weighted by Gasteiger charge is -2.36. The molecule has 1 aliphatic heterocycles. The van der Waals surface area contributed by atoms with E-state index in [9.17, 15) is 14.0 Å². The number of carbonyl (C=O) groups is 2. The van der Waals surface area contributed by atoms with Crippen molar-refractivity contribution < 1.29 is 28.2 Å². The molecule has 2 amide bonds. The zero-order chi connectivity index (χ0) is 31.1. The molecule has 1 atom stereocenters. The molecular formula is C31H40FN5O5Si. The third-order valence-corrected chi connectivity index (χ3v) is 13.2. The molecule has 3 N–H and O–H groups in total. The van der Waals surface area contributed by atoms with Gasteiger partial charge in [-0.15, -0.1) is 0 Å². The number of para-hydroxylation sites is 1. The van der Waals surface area contributed by atoms with E-state index >= 15 is 0 Å². The fourth-order valence-electron chi connectivity index (χ4n) is 5.24. The van der Waals surface area contributed by atoms with Crippen LogP contribution in [-0.4, -0.2) is 83.9 Å². The number of rotatable bonds is 10. The molecule has 5 rings (SSSR count). The number of carbonyl (C=O) groups excluding carboxylic acids is 1. The number of nitrogens with zero attached hydrogens (tertiary/aromatic N) is 3. The monoisotopic (exact) mass is 609 g/mol. The second-order valence-corrected chi connectivity index (χ2v) is 17.5. The molecule has 1 aliphatic rings. The number of alkyl halides is 1. The molecule has 1 unspecified atom stereocenters. The summed E-state index contributed by atoms with van der Waals surface area (Å²) in [5.74, 6) is 1.20. The molecule has 0 saturated heterocycles. The number of hydrogen-bond donors (Lipinski definition) is 3. The Morgan fingerprint density at radius 2 is 2.00 bits per heavy atom. The van der Waals surface area contributed by atoms with Crippen molar-refractivity contribution in [3.8, 4) is 17.3 Å². The van der Waals surface area contributed by atoms with Crippen molar-refractivity contribution in [1.82, 2.24) is 24.8 Å². The minimum Gasteiger partial charge on any atom is -0.489 e. The van der Waals surface area contributed by atoms with Crippen LogP contribution in [0.5, 0.6) is 5.75 Å². The lowest BCUT2D eigenvalue weighted by Crippen LogP contribution is -2.48. The topological polar surface area (TPSA) is 122 Å². The highest BCUT2D eigenvalue weighted by molar-refractivity contribution is 6.74. The second-order valence-electron chi connectivity index (χ2n) is 12.7. The van der Waals surface area contributed by atoms with Crippen molar-refractivity contribution in [3.63, 3.8) is 0 Å². The predicted octanol–water partition coefficient (Wildman–Crippen LogP) is 5.73. The van der Waals surface area contributed by atoms with Crippen LogP contribution in [0, 0.1) is 0 Å². The summed E-state index contributed by atoms with van der Waals surface area (Å²) in [5.41, 5.74) is 4.64. The molecule has 0 saturated carbocycles. The third kappa shape index (κ3) is 6.12. The number of hydrogen-bond acceptors (Lipinski definition) is 5. The normalized spacial score (nSPS) is 14.8. The zero-order valence-electron chi connectivity index (χ0n) is 25.6. The van der Waals surface area contributed by atoms with Crippen molar-refractivity contribution in [2.24, 2.45) is 7.05 Å². The third-order valence-electron chi connectivity index (χ3n) is 8.70. The maximum absolute atomic E-state index is 13.4. The lowest BCUT2D eigenvalue weighted by atomic mass is 9.97. The van der Waals surface area contributed by atoms with Crippen molar-refractivity contribution >= 4 is 42.3 Å². The van der Waals surface area contributed by atoms with Gasteiger partial charge in [-0.1, -0.05) is 32.9 Å². The van der Waals surface area contributed by atoms with Crippen LogP contribution in [0.15, 0.2) is 36.4 Å². The Bertz CT molecular complexity index is 1670. The van der Waals surface area contributed by atoms with Crippen LogP contribution in [0.2, 0.25) is 18.1 Å². The van der Waals surface area contributed by atoms with E-state index in [1.54, 1.807) is 6.07 Å². The minimum atomic E-state index is -1.85. The van der Waals surface area contributed by atoms with Crippen LogP contribution in [0.1, 0.15) is 36.7 Å². The van der Waals surface area contributed by atoms with E-state index in [2.05, 4.69) is 44.2 Å². The number of benzene rings is 2. The van der Waals surface area contributed by atoms with E-state index in [1.807, 2.05) is 41.9 Å². The van der Waals surface area contributed by atoms with Crippen LogP contribution < -0.4 is 10.1 Å². The summed E-state index contributed by atoms with van der Waals surface area (Å²) >= 11 is 0. The number of H-pyrrole nitrogens is 1. The molecule has 4 aromatic rings. The molecule has 12 heteroatoms. The van der Waals surface area contributed by atoms with Crippen molar-refractivity contribution in [2.75, 3.05) is 33.0 Å². The number of amides is 2. The molecule has 0 radical (unpaired) electrons. The van der Waals surface area contributed by atoms with Gasteiger partial charge in [0.1, 0.15) is 19.0 Å². The van der Waals surface area contributed by atoms with Gasteiger partial charge in [-0.25, -0.2) is 14.2 Å². The number of aryl methyl sites for hydroxylation is 1. The summed E-state index contributed by atoms with van der Waals surface area (Å²) in [6, 6.07) is 10.7. The summed E-state index contributed by atoms with van der Waals surface area (Å²) in [6.07, 6.45) is -0.739. The van der Waals surface area contributed by atoms with Crippen molar-refractivity contribution in [3.05, 3.63) is 47.5 Å². The van der Waals surface area contributed by atoms with Crippen LogP contribution in [0.4, 0.5) is 9.18 Å². The smallest absolute Gasteiger partial charge is 0.405 e. The molecule has 0 fully saturated rings. The van der Waals surface area contributed by atoms with Gasteiger partial charge in [-0.05, 0) is 54.4 Å². The highest BCUT2D eigenvalue weighted by atomic mass is 28.4. The van der Waals surface area contributed by atoms with E-state index in [0.29, 0.717) is 43.1 Å². The summed E-state index contributed by atoms with van der Waals surface area (Å²) in [7, 11) is 0.0883. The van der Waals surface area contributed by atoms with E-state index in [1.165, 1.54) is 4.90 Å². The van der Waals surface area contributed by atoms with E-state index in [-0.39, 0.29) is 17.5 Å². The predicted molar refractivity (Wildman–Crippen MR) is 167 cm³/mol. The van der Waals surface area contributed by atoms with Crippen LogP contribution >= 0.6 is 0 Å². The maximum atomic E-state index is 13.4. The molecule has 2 aromatic heterocycles. The first-order valence-electron chi connectivity index (χ1n) is 14.5. The van der Waals surface area contributed by atoms with Crippen molar-refractivity contribution in [2.45, 2.75) is 51.4 Å². The molecular weight excluding hydrogens is 569 g/mol. The fraction of sp³-hybridized carbons (Fsp3) is 0.452. The lowest BCUT2D eigenvalue weighted by molar-refractivity contribution is 0.0714. The first-order valence-corrected chi connectivity index (χ1v) is 17.4. The summed E-state index contributed by atoms with van der Waals surface area (Å²) in [5, 5.41) is 12.2. The van der Waals surface area contributed by atoms with Crippen LogP contribution in [-0.2, 0) is 17.9 Å². The Kier molecular flexibility index (Phi) is 8.27. The Balaban J connectivity index is 1.37. The largest absolute Gasteiger partial charge is 0.489 e.